The van der Waals surface area contributed by atoms with Crippen LogP contribution in [0.3, 0.4) is 0 Å². The highest BCUT2D eigenvalue weighted by Crippen LogP contribution is 2.26. The van der Waals surface area contributed by atoms with Crippen LogP contribution in [0.15, 0.2) is 0 Å². The molecule has 0 bridgehead atoms. The summed E-state index contributed by atoms with van der Waals surface area (Å²) in [5, 5.41) is 0. The Morgan fingerprint density at radius 2 is 1.00 bits per heavy atom. The van der Waals surface area contributed by atoms with Crippen molar-refractivity contribution in [2.24, 2.45) is 16.2 Å². The smallest absolute Gasteiger partial charge is 0.322 e. The highest BCUT2D eigenvalue weighted by atomic mass is 31.0. The topological polar surface area (TPSA) is 105 Å². The van der Waals surface area contributed by atoms with Crippen molar-refractivity contribution in [3.05, 3.63) is 0 Å². The maximum Gasteiger partial charge on any atom is 0.322 e. The molecule has 0 spiro atoms. The van der Waals surface area contributed by atoms with Crippen LogP contribution < -0.4 is 0 Å². The highest BCUT2D eigenvalue weighted by Gasteiger charge is 2.42. The predicted molar refractivity (Wildman–Crippen MR) is 96.2 cm³/mol. The fraction of sp³-hybridized carbons (Fsp3) is 0.765. The molecule has 0 saturated carbocycles. The third-order valence-electron chi connectivity index (χ3n) is 4.01. The van der Waals surface area contributed by atoms with Crippen molar-refractivity contribution >= 4 is 33.1 Å². The predicted octanol–water partition coefficient (Wildman–Crippen LogP) is 1.35. The second kappa shape index (κ2) is 9.31. The van der Waals surface area contributed by atoms with Crippen molar-refractivity contribution in [1.29, 1.82) is 0 Å². The van der Waals surface area contributed by atoms with Crippen LogP contribution in [0.2, 0.25) is 0 Å². The van der Waals surface area contributed by atoms with E-state index in [4.69, 9.17) is 9.47 Å². The average molecular weight is 392 g/mol. The Kier molecular flexibility index (Phi) is 8.70. The minimum absolute atomic E-state index is 0.0817. The summed E-state index contributed by atoms with van der Waals surface area (Å²) in [7, 11) is 4.86. The van der Waals surface area contributed by atoms with E-state index in [-0.39, 0.29) is 13.2 Å². The largest absolute Gasteiger partial charge is 0.468 e. The minimum Gasteiger partial charge on any atom is -0.468 e. The SMILES string of the molecule is COC(=O)C(C)(C)C(=O)OCC(C)(CP)COC(=O)C(C)(C)C(=O)OC. The molecule has 0 aromatic carbocycles. The monoisotopic (exact) mass is 392 g/mol. The van der Waals surface area contributed by atoms with Gasteiger partial charge in [0.05, 0.1) is 14.2 Å². The summed E-state index contributed by atoms with van der Waals surface area (Å²) in [6, 6.07) is 0. The molecule has 1 unspecified atom stereocenters. The zero-order valence-corrected chi connectivity index (χ0v) is 17.6. The van der Waals surface area contributed by atoms with E-state index in [1.54, 1.807) is 6.92 Å². The second-order valence-electron chi connectivity index (χ2n) is 7.40. The lowest BCUT2D eigenvalue weighted by Gasteiger charge is -2.30. The number of esters is 4. The Hall–Kier alpha value is -1.69. The maximum atomic E-state index is 12.2. The Morgan fingerprint density at radius 3 is 1.23 bits per heavy atom. The van der Waals surface area contributed by atoms with Gasteiger partial charge in [-0.05, 0) is 33.9 Å². The molecule has 0 fully saturated rings. The summed E-state index contributed by atoms with van der Waals surface area (Å²) in [6.07, 6.45) is 0.449. The zero-order chi connectivity index (χ0) is 20.8. The molecule has 9 heteroatoms. The van der Waals surface area contributed by atoms with Crippen LogP contribution in [0.5, 0.6) is 0 Å². The lowest BCUT2D eigenvalue weighted by atomic mass is 9.92. The van der Waals surface area contributed by atoms with Crippen molar-refractivity contribution in [2.45, 2.75) is 34.6 Å². The van der Waals surface area contributed by atoms with Gasteiger partial charge in [0.25, 0.3) is 0 Å². The molecule has 26 heavy (non-hydrogen) atoms. The average Bonchev–Trinajstić information content (AvgIpc) is 2.62. The van der Waals surface area contributed by atoms with E-state index in [2.05, 4.69) is 18.7 Å². The lowest BCUT2D eigenvalue weighted by Crippen LogP contribution is -2.41. The van der Waals surface area contributed by atoms with Gasteiger partial charge in [-0.3, -0.25) is 19.2 Å². The van der Waals surface area contributed by atoms with Gasteiger partial charge in [0.1, 0.15) is 13.2 Å². The third kappa shape index (κ3) is 5.94. The second-order valence-corrected chi connectivity index (χ2v) is 7.81. The molecule has 0 amide bonds. The summed E-state index contributed by atoms with van der Waals surface area (Å²) in [4.78, 5) is 47.6. The van der Waals surface area contributed by atoms with E-state index < -0.39 is 40.1 Å². The Bertz CT molecular complexity index is 509. The van der Waals surface area contributed by atoms with Crippen LogP contribution in [0.25, 0.3) is 0 Å². The highest BCUT2D eigenvalue weighted by molar-refractivity contribution is 7.16. The van der Waals surface area contributed by atoms with E-state index in [1.165, 1.54) is 41.9 Å². The van der Waals surface area contributed by atoms with Gasteiger partial charge in [-0.15, -0.1) is 9.24 Å². The molecule has 0 aliphatic carbocycles. The molecular weight excluding hydrogens is 363 g/mol. The van der Waals surface area contributed by atoms with Crippen molar-refractivity contribution < 1.29 is 38.1 Å². The molecule has 0 rings (SSSR count). The van der Waals surface area contributed by atoms with Gasteiger partial charge in [0.2, 0.25) is 0 Å². The molecule has 0 radical (unpaired) electrons. The van der Waals surface area contributed by atoms with Crippen LogP contribution in [-0.4, -0.2) is 57.5 Å². The van der Waals surface area contributed by atoms with Gasteiger partial charge in [-0.25, -0.2) is 0 Å². The Labute approximate surface area is 156 Å². The van der Waals surface area contributed by atoms with Gasteiger partial charge in [0.15, 0.2) is 10.8 Å². The van der Waals surface area contributed by atoms with Crippen LogP contribution >= 0.6 is 9.24 Å². The summed E-state index contributed by atoms with van der Waals surface area (Å²) >= 11 is 0. The van der Waals surface area contributed by atoms with Gasteiger partial charge in [-0.2, -0.15) is 0 Å². The number of methoxy groups -OCH3 is 2. The number of carbonyl (C=O) groups excluding carboxylic acids is 4. The molecule has 0 aromatic rings. The van der Waals surface area contributed by atoms with Crippen molar-refractivity contribution in [3.63, 3.8) is 0 Å². The van der Waals surface area contributed by atoms with Crippen molar-refractivity contribution in [2.75, 3.05) is 33.6 Å². The van der Waals surface area contributed by atoms with Gasteiger partial charge >= 0.3 is 23.9 Å². The third-order valence-corrected chi connectivity index (χ3v) is 4.99. The first-order valence-corrected chi connectivity index (χ1v) is 8.81. The van der Waals surface area contributed by atoms with Crippen molar-refractivity contribution in [1.82, 2.24) is 0 Å². The number of rotatable bonds is 9. The number of ether oxygens (including phenoxy) is 4. The minimum atomic E-state index is -1.44. The number of hydrogen-bond donors (Lipinski definition) is 0. The van der Waals surface area contributed by atoms with Crippen LogP contribution in [0.1, 0.15) is 34.6 Å². The molecule has 0 N–H and O–H groups in total. The van der Waals surface area contributed by atoms with Gasteiger partial charge in [0, 0.05) is 5.41 Å². The zero-order valence-electron chi connectivity index (χ0n) is 16.5. The fourth-order valence-corrected chi connectivity index (χ4v) is 1.91. The molecule has 1 atom stereocenters. The van der Waals surface area contributed by atoms with Crippen LogP contribution in [-0.2, 0) is 38.1 Å². The molecule has 0 aromatic heterocycles. The summed E-state index contributed by atoms with van der Waals surface area (Å²) in [5.41, 5.74) is -3.60. The Balaban J connectivity index is 4.90. The molecule has 0 aliphatic rings. The summed E-state index contributed by atoms with van der Waals surface area (Å²) < 4.78 is 19.6. The molecular formula is C17H29O8P. The molecule has 8 nitrogen and oxygen atoms in total. The quantitative estimate of drug-likeness (QED) is 0.251. The summed E-state index contributed by atoms with van der Waals surface area (Å²) in [6.45, 7) is 7.19. The molecule has 0 aliphatic heterocycles. The van der Waals surface area contributed by atoms with Crippen molar-refractivity contribution in [3.8, 4) is 0 Å². The fourth-order valence-electron chi connectivity index (χ4n) is 1.68. The van der Waals surface area contributed by atoms with E-state index in [0.717, 1.165) is 0 Å². The first kappa shape index (κ1) is 24.3. The standard InChI is InChI=1S/C17H29O8P/c1-15(2,11(18)22-6)13(20)24-8-17(5,10-26)9-25-14(21)16(3,4)12(19)23-7/h8-10,26H2,1-7H3. The first-order valence-electron chi connectivity index (χ1n) is 8.00. The molecule has 150 valence electrons. The maximum absolute atomic E-state index is 12.2. The number of carbonyl (C=O) groups is 4. The van der Waals surface area contributed by atoms with E-state index in [1.807, 2.05) is 0 Å². The van der Waals surface area contributed by atoms with E-state index >= 15 is 0 Å². The molecule has 0 heterocycles. The first-order chi connectivity index (χ1) is 11.8. The van der Waals surface area contributed by atoms with Gasteiger partial charge < -0.3 is 18.9 Å². The molecule has 0 saturated heterocycles. The van der Waals surface area contributed by atoms with Crippen LogP contribution in [0.4, 0.5) is 0 Å². The normalized spacial score (nSPS) is 12.2. The number of hydrogen-bond acceptors (Lipinski definition) is 8. The van der Waals surface area contributed by atoms with Gasteiger partial charge in [-0.1, -0.05) is 6.92 Å². The Morgan fingerprint density at radius 1 is 0.692 bits per heavy atom. The van der Waals surface area contributed by atoms with E-state index in [0.29, 0.717) is 6.16 Å². The van der Waals surface area contributed by atoms with E-state index in [9.17, 15) is 19.2 Å². The lowest BCUT2D eigenvalue weighted by molar-refractivity contribution is -0.173. The summed E-state index contributed by atoms with van der Waals surface area (Å²) in [5.74, 6) is -2.90. The van der Waals surface area contributed by atoms with Crippen LogP contribution in [0, 0.1) is 16.2 Å².